The Morgan fingerprint density at radius 1 is 1.12 bits per heavy atom. The van der Waals surface area contributed by atoms with Gasteiger partial charge in [-0.15, -0.1) is 0 Å². The molecule has 1 heterocycles. The second kappa shape index (κ2) is 10.7. The molecule has 26 heavy (non-hydrogen) atoms. The molecular weight excluding hydrogens is 334 g/mol. The van der Waals surface area contributed by atoms with Crippen LogP contribution >= 0.6 is 0 Å². The minimum absolute atomic E-state index is 0.0229. The minimum Gasteiger partial charge on any atom is -0.387 e. The number of morpholine rings is 1. The number of amides is 1. The first-order chi connectivity index (χ1) is 12.1. The first-order valence-corrected chi connectivity index (χ1v) is 9.47. The van der Waals surface area contributed by atoms with Crippen molar-refractivity contribution in [1.29, 1.82) is 0 Å². The van der Waals surface area contributed by atoms with Crippen LogP contribution < -0.4 is 16.0 Å². The van der Waals surface area contributed by atoms with Crippen molar-refractivity contribution in [1.82, 2.24) is 20.9 Å². The van der Waals surface area contributed by atoms with E-state index in [1.165, 1.54) is 0 Å². The van der Waals surface area contributed by atoms with Gasteiger partial charge in [0.15, 0.2) is 5.96 Å². The molecule has 0 aromatic carbocycles. The highest BCUT2D eigenvalue weighted by atomic mass is 16.5. The summed E-state index contributed by atoms with van der Waals surface area (Å²) in [6.07, 6.45) is 0. The largest absolute Gasteiger partial charge is 0.387 e. The number of rotatable bonds is 8. The van der Waals surface area contributed by atoms with E-state index in [9.17, 15) is 9.90 Å². The Bertz CT molecular complexity index is 454. The van der Waals surface area contributed by atoms with Gasteiger partial charge < -0.3 is 25.8 Å². The summed E-state index contributed by atoms with van der Waals surface area (Å²) in [5, 5.41) is 19.9. The number of nitrogens with one attached hydrogen (secondary N) is 3. The second-order valence-corrected chi connectivity index (χ2v) is 8.01. The average Bonchev–Trinajstić information content (AvgIpc) is 2.56. The molecule has 4 N–H and O–H groups in total. The third-order valence-electron chi connectivity index (χ3n) is 3.97. The Morgan fingerprint density at radius 3 is 2.31 bits per heavy atom. The van der Waals surface area contributed by atoms with E-state index >= 15 is 0 Å². The number of β-amino-alcohol motifs (C(OH)–C–C–N with tert-alkyl or cyclic N) is 1. The number of ether oxygens (including phenoxy) is 1. The molecule has 1 fully saturated rings. The van der Waals surface area contributed by atoms with E-state index < -0.39 is 11.0 Å². The van der Waals surface area contributed by atoms with Gasteiger partial charge in [-0.3, -0.25) is 14.7 Å². The normalized spacial score (nSPS) is 18.9. The van der Waals surface area contributed by atoms with Crippen LogP contribution in [0.2, 0.25) is 0 Å². The molecule has 0 aromatic heterocycles. The van der Waals surface area contributed by atoms with Crippen molar-refractivity contribution in [2.24, 2.45) is 10.4 Å². The predicted molar refractivity (Wildman–Crippen MR) is 104 cm³/mol. The summed E-state index contributed by atoms with van der Waals surface area (Å²) in [6.45, 7) is 15.2. The number of nitrogens with zero attached hydrogens (tertiary/aromatic N) is 2. The van der Waals surface area contributed by atoms with E-state index in [1.54, 1.807) is 6.92 Å². The molecule has 0 aliphatic carbocycles. The molecule has 8 heteroatoms. The van der Waals surface area contributed by atoms with Crippen LogP contribution in [0.4, 0.5) is 0 Å². The van der Waals surface area contributed by atoms with Gasteiger partial charge in [0, 0.05) is 44.7 Å². The number of aliphatic imine (C=N–C) groups is 1. The quantitative estimate of drug-likeness (QED) is 0.268. The SMILES string of the molecule is CCNC(=NCC(C)(O)CN1CCOCC1)NCCNC(=O)C(C)(C)C. The molecule has 8 nitrogen and oxygen atoms in total. The third-order valence-corrected chi connectivity index (χ3v) is 3.97. The lowest BCUT2D eigenvalue weighted by Crippen LogP contribution is -2.48. The maximum Gasteiger partial charge on any atom is 0.225 e. The lowest BCUT2D eigenvalue weighted by atomic mass is 9.96. The minimum atomic E-state index is -0.903. The number of guanidine groups is 1. The zero-order valence-electron chi connectivity index (χ0n) is 17.0. The van der Waals surface area contributed by atoms with Crippen molar-refractivity contribution in [2.45, 2.75) is 40.2 Å². The molecule has 152 valence electrons. The van der Waals surface area contributed by atoms with E-state index in [2.05, 4.69) is 25.8 Å². The molecule has 0 spiro atoms. The summed E-state index contributed by atoms with van der Waals surface area (Å²) in [5.74, 6) is 0.662. The van der Waals surface area contributed by atoms with Gasteiger partial charge in [-0.1, -0.05) is 20.8 Å². The van der Waals surface area contributed by atoms with Gasteiger partial charge in [-0.2, -0.15) is 0 Å². The Labute approximate surface area is 157 Å². The smallest absolute Gasteiger partial charge is 0.225 e. The maximum atomic E-state index is 11.8. The van der Waals surface area contributed by atoms with Crippen LogP contribution in [0.5, 0.6) is 0 Å². The van der Waals surface area contributed by atoms with Crippen LogP contribution in [0.25, 0.3) is 0 Å². The fourth-order valence-corrected chi connectivity index (χ4v) is 2.50. The second-order valence-electron chi connectivity index (χ2n) is 8.01. The van der Waals surface area contributed by atoms with E-state index in [4.69, 9.17) is 4.74 Å². The molecule has 1 unspecified atom stereocenters. The molecular formula is C18H37N5O3. The summed E-state index contributed by atoms with van der Waals surface area (Å²) < 4.78 is 5.34. The first-order valence-electron chi connectivity index (χ1n) is 9.47. The molecule has 1 aliphatic heterocycles. The summed E-state index contributed by atoms with van der Waals surface area (Å²) >= 11 is 0. The van der Waals surface area contributed by atoms with Gasteiger partial charge in [0.25, 0.3) is 0 Å². The predicted octanol–water partition coefficient (Wildman–Crippen LogP) is -0.213. The van der Waals surface area contributed by atoms with E-state index in [-0.39, 0.29) is 5.91 Å². The Hall–Kier alpha value is -1.38. The number of carbonyl (C=O) groups is 1. The average molecular weight is 372 g/mol. The van der Waals surface area contributed by atoms with Crippen molar-refractivity contribution in [3.05, 3.63) is 0 Å². The van der Waals surface area contributed by atoms with Gasteiger partial charge in [-0.05, 0) is 13.8 Å². The third kappa shape index (κ3) is 9.35. The maximum absolute atomic E-state index is 11.8. The molecule has 1 aliphatic rings. The summed E-state index contributed by atoms with van der Waals surface area (Å²) in [5.41, 5.74) is -1.29. The van der Waals surface area contributed by atoms with Crippen LogP contribution in [-0.2, 0) is 9.53 Å². The van der Waals surface area contributed by atoms with E-state index in [0.717, 1.165) is 19.6 Å². The van der Waals surface area contributed by atoms with Crippen molar-refractivity contribution in [3.8, 4) is 0 Å². The monoisotopic (exact) mass is 371 g/mol. The molecule has 0 saturated carbocycles. The van der Waals surface area contributed by atoms with Crippen molar-refractivity contribution in [2.75, 3.05) is 59.0 Å². The van der Waals surface area contributed by atoms with Gasteiger partial charge in [0.2, 0.25) is 5.91 Å². The topological polar surface area (TPSA) is 98.2 Å². The summed E-state index contributed by atoms with van der Waals surface area (Å²) in [7, 11) is 0. The number of hydrogen-bond acceptors (Lipinski definition) is 5. The molecule has 1 amide bonds. The standard InChI is InChI=1S/C18H37N5O3/c1-6-19-16(21-8-7-20-15(24)17(2,3)4)22-13-18(5,25)14-23-9-11-26-12-10-23/h25H,6-14H2,1-5H3,(H,20,24)(H2,19,21,22). The van der Waals surface area contributed by atoms with Crippen molar-refractivity contribution >= 4 is 11.9 Å². The Morgan fingerprint density at radius 2 is 1.73 bits per heavy atom. The Balaban J connectivity index is 2.42. The fourth-order valence-electron chi connectivity index (χ4n) is 2.50. The number of aliphatic hydroxyl groups is 1. The zero-order chi connectivity index (χ0) is 19.6. The fraction of sp³-hybridized carbons (Fsp3) is 0.889. The van der Waals surface area contributed by atoms with Gasteiger partial charge in [0.1, 0.15) is 0 Å². The van der Waals surface area contributed by atoms with Crippen LogP contribution in [0.1, 0.15) is 34.6 Å². The highest BCUT2D eigenvalue weighted by Crippen LogP contribution is 2.12. The van der Waals surface area contributed by atoms with Crippen molar-refractivity contribution < 1.29 is 14.6 Å². The number of hydrogen-bond donors (Lipinski definition) is 4. The van der Waals surface area contributed by atoms with Crippen LogP contribution in [0.15, 0.2) is 4.99 Å². The van der Waals surface area contributed by atoms with Crippen LogP contribution in [-0.4, -0.2) is 86.5 Å². The Kier molecular flexibility index (Phi) is 9.32. The van der Waals surface area contributed by atoms with Crippen LogP contribution in [0.3, 0.4) is 0 Å². The summed E-state index contributed by atoms with van der Waals surface area (Å²) in [4.78, 5) is 18.5. The van der Waals surface area contributed by atoms with Crippen LogP contribution in [0, 0.1) is 5.41 Å². The number of carbonyl (C=O) groups excluding carboxylic acids is 1. The molecule has 1 saturated heterocycles. The van der Waals surface area contributed by atoms with E-state index in [0.29, 0.717) is 45.4 Å². The zero-order valence-corrected chi connectivity index (χ0v) is 17.0. The van der Waals surface area contributed by atoms with Gasteiger partial charge in [0.05, 0.1) is 25.4 Å². The highest BCUT2D eigenvalue weighted by molar-refractivity contribution is 5.81. The van der Waals surface area contributed by atoms with Gasteiger partial charge in [-0.25, -0.2) is 0 Å². The molecule has 1 atom stereocenters. The first kappa shape index (κ1) is 22.7. The van der Waals surface area contributed by atoms with Gasteiger partial charge >= 0.3 is 0 Å². The van der Waals surface area contributed by atoms with E-state index in [1.807, 2.05) is 27.7 Å². The molecule has 0 radical (unpaired) electrons. The highest BCUT2D eigenvalue weighted by Gasteiger charge is 2.25. The molecule has 0 bridgehead atoms. The lowest BCUT2D eigenvalue weighted by Gasteiger charge is -2.33. The molecule has 1 rings (SSSR count). The van der Waals surface area contributed by atoms with Crippen molar-refractivity contribution in [3.63, 3.8) is 0 Å². The summed E-state index contributed by atoms with van der Waals surface area (Å²) in [6, 6.07) is 0. The molecule has 0 aromatic rings. The lowest BCUT2D eigenvalue weighted by molar-refractivity contribution is -0.128.